The van der Waals surface area contributed by atoms with Crippen molar-refractivity contribution in [3.8, 4) is 0 Å². The van der Waals surface area contributed by atoms with E-state index >= 15 is 0 Å². The highest BCUT2D eigenvalue weighted by atomic mass is 19.1. The lowest BCUT2D eigenvalue weighted by Crippen LogP contribution is -2.43. The summed E-state index contributed by atoms with van der Waals surface area (Å²) in [5.74, 6) is -1.50. The topological polar surface area (TPSA) is 55.4 Å². The lowest BCUT2D eigenvalue weighted by atomic mass is 9.93. The molecule has 0 fully saturated rings. The molecule has 0 heterocycles. The van der Waals surface area contributed by atoms with Crippen molar-refractivity contribution in [2.24, 2.45) is 0 Å². The van der Waals surface area contributed by atoms with Crippen molar-refractivity contribution in [3.63, 3.8) is 0 Å². The average Bonchev–Trinajstić information content (AvgIpc) is 2.35. The molecule has 1 amide bonds. The third-order valence-electron chi connectivity index (χ3n) is 2.71. The Hall–Kier alpha value is -1.91. The first-order valence-electron chi connectivity index (χ1n) is 5.56. The van der Waals surface area contributed by atoms with Gasteiger partial charge in [-0.3, -0.25) is 4.79 Å². The molecule has 18 heavy (non-hydrogen) atoms. The molecule has 0 aliphatic heterocycles. The molecule has 1 rings (SSSR count). The summed E-state index contributed by atoms with van der Waals surface area (Å²) in [7, 11) is 1.26. The van der Waals surface area contributed by atoms with Crippen LogP contribution in [0, 0.1) is 5.82 Å². The number of ether oxygens (including phenoxy) is 1. The van der Waals surface area contributed by atoms with Crippen LogP contribution in [0.2, 0.25) is 0 Å². The van der Waals surface area contributed by atoms with Gasteiger partial charge in [-0.1, -0.05) is 19.1 Å². The molecular formula is C13H16FNO3. The number of hydrogen-bond donors (Lipinski definition) is 1. The van der Waals surface area contributed by atoms with Crippen molar-refractivity contribution < 1.29 is 18.7 Å². The lowest BCUT2D eigenvalue weighted by molar-refractivity contribution is -0.145. The second kappa shape index (κ2) is 6.14. The minimum Gasteiger partial charge on any atom is -0.467 e. The second-order valence-electron chi connectivity index (χ2n) is 4.04. The Kier molecular flexibility index (Phi) is 4.83. The number of carbonyl (C=O) groups is 2. The highest BCUT2D eigenvalue weighted by Gasteiger charge is 2.27. The van der Waals surface area contributed by atoms with Crippen LogP contribution in [0.25, 0.3) is 0 Å². The van der Waals surface area contributed by atoms with Crippen molar-refractivity contribution in [2.45, 2.75) is 25.8 Å². The van der Waals surface area contributed by atoms with E-state index in [1.165, 1.54) is 26.2 Å². The Morgan fingerprint density at radius 2 is 1.83 bits per heavy atom. The van der Waals surface area contributed by atoms with E-state index in [9.17, 15) is 14.0 Å². The maximum Gasteiger partial charge on any atom is 0.328 e. The summed E-state index contributed by atoms with van der Waals surface area (Å²) < 4.78 is 17.5. The third kappa shape index (κ3) is 3.55. The predicted molar refractivity (Wildman–Crippen MR) is 64.4 cm³/mol. The molecule has 1 aromatic carbocycles. The number of nitrogens with one attached hydrogen (secondary N) is 1. The highest BCUT2D eigenvalue weighted by molar-refractivity contribution is 5.84. The molecule has 0 spiro atoms. The first kappa shape index (κ1) is 14.2. The van der Waals surface area contributed by atoms with Crippen molar-refractivity contribution in [2.75, 3.05) is 7.11 Å². The molecule has 0 aliphatic rings. The summed E-state index contributed by atoms with van der Waals surface area (Å²) in [6.45, 7) is 3.10. The highest BCUT2D eigenvalue weighted by Crippen LogP contribution is 2.20. The largest absolute Gasteiger partial charge is 0.467 e. The van der Waals surface area contributed by atoms with Crippen molar-refractivity contribution >= 4 is 11.9 Å². The summed E-state index contributed by atoms with van der Waals surface area (Å²) in [5.41, 5.74) is 0.751. The van der Waals surface area contributed by atoms with E-state index in [1.54, 1.807) is 19.1 Å². The van der Waals surface area contributed by atoms with Crippen LogP contribution in [0.5, 0.6) is 0 Å². The molecule has 1 aromatic rings. The molecule has 0 radical (unpaired) electrons. The van der Waals surface area contributed by atoms with Gasteiger partial charge in [0.1, 0.15) is 11.9 Å². The number of hydrogen-bond acceptors (Lipinski definition) is 3. The van der Waals surface area contributed by atoms with Crippen LogP contribution in [-0.4, -0.2) is 25.0 Å². The maximum absolute atomic E-state index is 12.8. The van der Waals surface area contributed by atoms with Crippen LogP contribution in [0.15, 0.2) is 24.3 Å². The Morgan fingerprint density at radius 1 is 1.28 bits per heavy atom. The molecule has 0 saturated carbocycles. The van der Waals surface area contributed by atoms with Gasteiger partial charge >= 0.3 is 5.97 Å². The summed E-state index contributed by atoms with van der Waals surface area (Å²) in [6.07, 6.45) is 0. The minimum absolute atomic E-state index is 0.304. The van der Waals surface area contributed by atoms with Gasteiger partial charge in [-0.05, 0) is 17.7 Å². The molecule has 0 bridgehead atoms. The zero-order valence-electron chi connectivity index (χ0n) is 10.6. The van der Waals surface area contributed by atoms with Crippen LogP contribution in [0.3, 0.4) is 0 Å². The van der Waals surface area contributed by atoms with E-state index in [0.717, 1.165) is 5.56 Å². The molecule has 2 atom stereocenters. The van der Waals surface area contributed by atoms with Gasteiger partial charge in [0.05, 0.1) is 7.11 Å². The van der Waals surface area contributed by atoms with Gasteiger partial charge in [-0.2, -0.15) is 0 Å². The SMILES string of the molecule is COC(=O)[C@@H](NC(C)=O)[C@@H](C)c1ccc(F)cc1. The number of methoxy groups -OCH3 is 1. The van der Waals surface area contributed by atoms with Crippen molar-refractivity contribution in [1.29, 1.82) is 0 Å². The molecule has 98 valence electrons. The van der Waals surface area contributed by atoms with Gasteiger partial charge in [-0.15, -0.1) is 0 Å². The predicted octanol–water partition coefficient (Wildman–Crippen LogP) is 1.61. The monoisotopic (exact) mass is 253 g/mol. The van der Waals surface area contributed by atoms with Gasteiger partial charge < -0.3 is 10.1 Å². The zero-order chi connectivity index (χ0) is 13.7. The summed E-state index contributed by atoms with van der Waals surface area (Å²) in [6, 6.07) is 5.01. The molecule has 1 N–H and O–H groups in total. The van der Waals surface area contributed by atoms with Crippen molar-refractivity contribution in [1.82, 2.24) is 5.32 Å². The summed E-state index contributed by atoms with van der Waals surface area (Å²) in [5, 5.41) is 2.54. The van der Waals surface area contributed by atoms with Gasteiger partial charge in [0.25, 0.3) is 0 Å². The first-order chi connectivity index (χ1) is 8.45. The van der Waals surface area contributed by atoms with E-state index in [0.29, 0.717) is 0 Å². The van der Waals surface area contributed by atoms with Gasteiger partial charge in [-0.25, -0.2) is 9.18 Å². The normalized spacial score (nSPS) is 13.6. The van der Waals surface area contributed by atoms with Crippen LogP contribution < -0.4 is 5.32 Å². The van der Waals surface area contributed by atoms with Crippen LogP contribution >= 0.6 is 0 Å². The molecule has 0 aromatic heterocycles. The molecule has 0 aliphatic carbocycles. The number of rotatable bonds is 4. The lowest BCUT2D eigenvalue weighted by Gasteiger charge is -2.22. The van der Waals surface area contributed by atoms with Crippen LogP contribution in [-0.2, 0) is 14.3 Å². The molecule has 0 saturated heterocycles. The standard InChI is InChI=1S/C13H16FNO3/c1-8(10-4-6-11(14)7-5-10)12(13(17)18-3)15-9(2)16/h4-8,12H,1-3H3,(H,15,16)/t8-,12-/m0/s1. The Bertz CT molecular complexity index is 430. The smallest absolute Gasteiger partial charge is 0.328 e. The van der Waals surface area contributed by atoms with E-state index in [2.05, 4.69) is 10.1 Å². The quantitative estimate of drug-likeness (QED) is 0.829. The van der Waals surface area contributed by atoms with Gasteiger partial charge in [0.15, 0.2) is 0 Å². The number of halogens is 1. The molecule has 5 heteroatoms. The molecular weight excluding hydrogens is 237 g/mol. The van der Waals surface area contributed by atoms with Crippen LogP contribution in [0.1, 0.15) is 25.3 Å². The molecule has 0 unspecified atom stereocenters. The third-order valence-corrected chi connectivity index (χ3v) is 2.71. The van der Waals surface area contributed by atoms with Gasteiger partial charge in [0.2, 0.25) is 5.91 Å². The fourth-order valence-corrected chi connectivity index (χ4v) is 1.69. The number of esters is 1. The fraction of sp³-hybridized carbons (Fsp3) is 0.385. The first-order valence-corrected chi connectivity index (χ1v) is 5.56. The Labute approximate surface area is 105 Å². The Balaban J connectivity index is 2.94. The number of amides is 1. The number of carbonyl (C=O) groups excluding carboxylic acids is 2. The fourth-order valence-electron chi connectivity index (χ4n) is 1.69. The van der Waals surface area contributed by atoms with E-state index < -0.39 is 12.0 Å². The average molecular weight is 253 g/mol. The summed E-state index contributed by atoms with van der Waals surface area (Å²) >= 11 is 0. The zero-order valence-corrected chi connectivity index (χ0v) is 10.6. The van der Waals surface area contributed by atoms with Crippen LogP contribution in [0.4, 0.5) is 4.39 Å². The maximum atomic E-state index is 12.8. The second-order valence-corrected chi connectivity index (χ2v) is 4.04. The number of benzene rings is 1. The summed E-state index contributed by atoms with van der Waals surface area (Å²) in [4.78, 5) is 22.7. The van der Waals surface area contributed by atoms with Gasteiger partial charge in [0, 0.05) is 12.8 Å². The van der Waals surface area contributed by atoms with E-state index in [-0.39, 0.29) is 17.6 Å². The molecule has 4 nitrogen and oxygen atoms in total. The minimum atomic E-state index is -0.780. The van der Waals surface area contributed by atoms with E-state index in [4.69, 9.17) is 0 Å². The Morgan fingerprint density at radius 3 is 2.28 bits per heavy atom. The van der Waals surface area contributed by atoms with E-state index in [1.807, 2.05) is 0 Å². The van der Waals surface area contributed by atoms with Crippen molar-refractivity contribution in [3.05, 3.63) is 35.6 Å².